The first-order valence-electron chi connectivity index (χ1n) is 3.12. The molecule has 0 aromatic rings. The molecule has 1 saturated carbocycles. The average Bonchev–Trinajstić information content (AvgIpc) is 2.50. The summed E-state index contributed by atoms with van der Waals surface area (Å²) in [5, 5.41) is 17.2. The molecule has 0 unspecified atom stereocenters. The van der Waals surface area contributed by atoms with Crippen LogP contribution in [0.3, 0.4) is 0 Å². The molecular formula is C6H12O2. The summed E-state index contributed by atoms with van der Waals surface area (Å²) in [6.45, 7) is -0.0729. The Kier molecular flexibility index (Phi) is 1.86. The number of hydrogen-bond acceptors (Lipinski definition) is 2. The molecule has 0 spiro atoms. The lowest BCUT2D eigenvalue weighted by molar-refractivity contribution is 0.0838. The molecule has 48 valence electrons. The Morgan fingerprint density at radius 1 is 1.50 bits per heavy atom. The maximum Gasteiger partial charge on any atom is 0.0773 e. The van der Waals surface area contributed by atoms with Crippen LogP contribution in [0.4, 0.5) is 0 Å². The highest BCUT2D eigenvalue weighted by molar-refractivity contribution is 4.75. The van der Waals surface area contributed by atoms with Crippen LogP contribution in [0.1, 0.15) is 19.3 Å². The first-order valence-corrected chi connectivity index (χ1v) is 3.12. The van der Waals surface area contributed by atoms with Gasteiger partial charge in [-0.15, -0.1) is 0 Å². The summed E-state index contributed by atoms with van der Waals surface area (Å²) >= 11 is 0. The molecule has 1 rings (SSSR count). The summed E-state index contributed by atoms with van der Waals surface area (Å²) in [7, 11) is 0. The molecular weight excluding hydrogens is 104 g/mol. The normalized spacial score (nSPS) is 23.2. The fourth-order valence-corrected chi connectivity index (χ4v) is 0.813. The van der Waals surface area contributed by atoms with Gasteiger partial charge in [-0.2, -0.15) is 0 Å². The molecule has 0 aliphatic heterocycles. The monoisotopic (exact) mass is 116 g/mol. The van der Waals surface area contributed by atoms with Crippen LogP contribution in [-0.2, 0) is 0 Å². The van der Waals surface area contributed by atoms with E-state index in [1.807, 2.05) is 0 Å². The predicted octanol–water partition coefficient (Wildman–Crippen LogP) is 0.140. The van der Waals surface area contributed by atoms with E-state index in [0.29, 0.717) is 0 Å². The van der Waals surface area contributed by atoms with E-state index in [-0.39, 0.29) is 6.61 Å². The van der Waals surface area contributed by atoms with Crippen molar-refractivity contribution < 1.29 is 10.2 Å². The minimum absolute atomic E-state index is 0.0729. The van der Waals surface area contributed by atoms with Gasteiger partial charge in [-0.1, -0.05) is 12.8 Å². The third kappa shape index (κ3) is 1.80. The summed E-state index contributed by atoms with van der Waals surface area (Å²) in [6.07, 6.45) is 2.84. The second-order valence-electron chi connectivity index (χ2n) is 2.52. The van der Waals surface area contributed by atoms with Gasteiger partial charge < -0.3 is 10.2 Å². The Morgan fingerprint density at radius 2 is 2.12 bits per heavy atom. The van der Waals surface area contributed by atoms with E-state index in [9.17, 15) is 0 Å². The topological polar surface area (TPSA) is 40.5 Å². The molecule has 0 heterocycles. The van der Waals surface area contributed by atoms with Gasteiger partial charge in [0.1, 0.15) is 0 Å². The first-order chi connectivity index (χ1) is 3.83. The molecule has 0 amide bonds. The lowest BCUT2D eigenvalue weighted by atomic mass is 10.2. The van der Waals surface area contributed by atoms with Gasteiger partial charge in [0, 0.05) is 0 Å². The van der Waals surface area contributed by atoms with E-state index >= 15 is 0 Å². The van der Waals surface area contributed by atoms with Gasteiger partial charge in [0.2, 0.25) is 0 Å². The van der Waals surface area contributed by atoms with Gasteiger partial charge in [0.15, 0.2) is 0 Å². The van der Waals surface area contributed by atoms with Crippen LogP contribution in [0.15, 0.2) is 0 Å². The molecule has 0 saturated heterocycles. The summed E-state index contributed by atoms with van der Waals surface area (Å²) < 4.78 is 0. The molecule has 0 radical (unpaired) electrons. The Hall–Kier alpha value is -0.0800. The van der Waals surface area contributed by atoms with Crippen molar-refractivity contribution >= 4 is 0 Å². The second-order valence-corrected chi connectivity index (χ2v) is 2.52. The molecule has 2 N–H and O–H groups in total. The molecule has 8 heavy (non-hydrogen) atoms. The zero-order valence-corrected chi connectivity index (χ0v) is 4.88. The lowest BCUT2D eigenvalue weighted by Gasteiger charge is -2.02. The van der Waals surface area contributed by atoms with Crippen molar-refractivity contribution in [3.8, 4) is 0 Å². The number of hydrogen-bond donors (Lipinski definition) is 2. The first kappa shape index (κ1) is 6.05. The fourth-order valence-electron chi connectivity index (χ4n) is 0.813. The van der Waals surface area contributed by atoms with Gasteiger partial charge in [-0.05, 0) is 12.3 Å². The number of aliphatic hydroxyl groups excluding tert-OH is 2. The van der Waals surface area contributed by atoms with E-state index in [4.69, 9.17) is 10.2 Å². The standard InChI is InChI=1S/C6H12O2/c7-4-6(8)3-5-1-2-5/h5-8H,1-4H2/t6-/m1/s1. The summed E-state index contributed by atoms with van der Waals surface area (Å²) in [5.74, 6) is 0.720. The summed E-state index contributed by atoms with van der Waals surface area (Å²) in [5.41, 5.74) is 0. The molecule has 0 bridgehead atoms. The van der Waals surface area contributed by atoms with Crippen molar-refractivity contribution in [2.24, 2.45) is 5.92 Å². The maximum absolute atomic E-state index is 8.82. The van der Waals surface area contributed by atoms with Crippen molar-refractivity contribution in [1.29, 1.82) is 0 Å². The maximum atomic E-state index is 8.82. The van der Waals surface area contributed by atoms with Crippen molar-refractivity contribution in [3.63, 3.8) is 0 Å². The lowest BCUT2D eigenvalue weighted by Crippen LogP contribution is -2.11. The molecule has 2 heteroatoms. The highest BCUT2D eigenvalue weighted by atomic mass is 16.3. The van der Waals surface area contributed by atoms with E-state index < -0.39 is 6.10 Å². The van der Waals surface area contributed by atoms with E-state index in [0.717, 1.165) is 12.3 Å². The van der Waals surface area contributed by atoms with Gasteiger partial charge in [-0.25, -0.2) is 0 Å². The largest absolute Gasteiger partial charge is 0.394 e. The fraction of sp³-hybridized carbons (Fsp3) is 1.00. The number of rotatable bonds is 3. The molecule has 0 aromatic heterocycles. The zero-order chi connectivity index (χ0) is 5.98. The minimum atomic E-state index is -0.456. The SMILES string of the molecule is OC[C@H](O)CC1CC1. The Balaban J connectivity index is 1.98. The van der Waals surface area contributed by atoms with Crippen molar-refractivity contribution in [2.45, 2.75) is 25.4 Å². The van der Waals surface area contributed by atoms with E-state index in [1.54, 1.807) is 0 Å². The van der Waals surface area contributed by atoms with Gasteiger partial charge in [-0.3, -0.25) is 0 Å². The average molecular weight is 116 g/mol. The zero-order valence-electron chi connectivity index (χ0n) is 4.88. The second kappa shape index (κ2) is 2.46. The van der Waals surface area contributed by atoms with Gasteiger partial charge >= 0.3 is 0 Å². The van der Waals surface area contributed by atoms with Crippen LogP contribution >= 0.6 is 0 Å². The molecule has 0 aromatic carbocycles. The van der Waals surface area contributed by atoms with E-state index in [1.165, 1.54) is 12.8 Å². The number of aliphatic hydroxyl groups is 2. The van der Waals surface area contributed by atoms with Crippen LogP contribution in [0.2, 0.25) is 0 Å². The van der Waals surface area contributed by atoms with E-state index in [2.05, 4.69) is 0 Å². The Bertz CT molecular complexity index is 68.9. The molecule has 1 atom stereocenters. The van der Waals surface area contributed by atoms with Crippen LogP contribution < -0.4 is 0 Å². The highest BCUT2D eigenvalue weighted by Gasteiger charge is 2.23. The van der Waals surface area contributed by atoms with Crippen molar-refractivity contribution in [1.82, 2.24) is 0 Å². The molecule has 2 nitrogen and oxygen atoms in total. The smallest absolute Gasteiger partial charge is 0.0773 e. The van der Waals surface area contributed by atoms with Gasteiger partial charge in [0.25, 0.3) is 0 Å². The van der Waals surface area contributed by atoms with Crippen LogP contribution in [0.25, 0.3) is 0 Å². The van der Waals surface area contributed by atoms with Crippen LogP contribution in [0, 0.1) is 5.92 Å². The third-order valence-corrected chi connectivity index (χ3v) is 1.51. The predicted molar refractivity (Wildman–Crippen MR) is 30.4 cm³/mol. The van der Waals surface area contributed by atoms with Crippen molar-refractivity contribution in [2.75, 3.05) is 6.61 Å². The molecule has 1 aliphatic carbocycles. The Morgan fingerprint density at radius 3 is 2.50 bits per heavy atom. The highest BCUT2D eigenvalue weighted by Crippen LogP contribution is 2.33. The summed E-state index contributed by atoms with van der Waals surface area (Å²) in [6, 6.07) is 0. The Labute approximate surface area is 49.1 Å². The molecule has 1 aliphatic rings. The van der Waals surface area contributed by atoms with Crippen LogP contribution in [0.5, 0.6) is 0 Å². The van der Waals surface area contributed by atoms with Gasteiger partial charge in [0.05, 0.1) is 12.7 Å². The third-order valence-electron chi connectivity index (χ3n) is 1.51. The minimum Gasteiger partial charge on any atom is -0.394 e. The molecule has 1 fully saturated rings. The van der Waals surface area contributed by atoms with Crippen molar-refractivity contribution in [3.05, 3.63) is 0 Å². The quantitative estimate of drug-likeness (QED) is 0.550. The summed E-state index contributed by atoms with van der Waals surface area (Å²) in [4.78, 5) is 0. The van der Waals surface area contributed by atoms with Crippen LogP contribution in [-0.4, -0.2) is 22.9 Å².